The van der Waals surface area contributed by atoms with Gasteiger partial charge in [-0.1, -0.05) is 13.8 Å². The van der Waals surface area contributed by atoms with Crippen LogP contribution in [0.4, 0.5) is 0 Å². The van der Waals surface area contributed by atoms with Crippen LogP contribution in [0.5, 0.6) is 5.75 Å². The Bertz CT molecular complexity index is 274. The SMILES string of the molecule is COCCOc1cccnc1C(C)C. The monoisotopic (exact) mass is 195 g/mol. The Kier molecular flexibility index (Phi) is 4.40. The minimum atomic E-state index is 0.383. The number of methoxy groups -OCH3 is 1. The van der Waals surface area contributed by atoms with Gasteiger partial charge in [-0.3, -0.25) is 4.98 Å². The first-order chi connectivity index (χ1) is 6.75. The molecule has 78 valence electrons. The molecule has 1 aromatic rings. The lowest BCUT2D eigenvalue weighted by atomic mass is 10.1. The Balaban J connectivity index is 2.64. The summed E-state index contributed by atoms with van der Waals surface area (Å²) in [6.45, 7) is 5.38. The summed E-state index contributed by atoms with van der Waals surface area (Å²) in [5.74, 6) is 1.24. The number of hydrogen-bond acceptors (Lipinski definition) is 3. The van der Waals surface area contributed by atoms with Gasteiger partial charge in [0.25, 0.3) is 0 Å². The molecule has 0 N–H and O–H groups in total. The predicted octanol–water partition coefficient (Wildman–Crippen LogP) is 2.23. The highest BCUT2D eigenvalue weighted by Crippen LogP contribution is 2.23. The van der Waals surface area contributed by atoms with E-state index in [0.29, 0.717) is 19.1 Å². The first kappa shape index (κ1) is 11.0. The van der Waals surface area contributed by atoms with E-state index in [1.165, 1.54) is 0 Å². The van der Waals surface area contributed by atoms with Gasteiger partial charge in [-0.15, -0.1) is 0 Å². The Morgan fingerprint density at radius 3 is 2.79 bits per heavy atom. The van der Waals surface area contributed by atoms with E-state index in [1.54, 1.807) is 13.3 Å². The number of aromatic nitrogens is 1. The fourth-order valence-electron chi connectivity index (χ4n) is 1.19. The Morgan fingerprint density at radius 1 is 1.36 bits per heavy atom. The molecule has 1 heterocycles. The molecule has 0 amide bonds. The largest absolute Gasteiger partial charge is 0.489 e. The van der Waals surface area contributed by atoms with Gasteiger partial charge < -0.3 is 9.47 Å². The zero-order valence-electron chi connectivity index (χ0n) is 8.99. The number of rotatable bonds is 5. The second kappa shape index (κ2) is 5.60. The highest BCUT2D eigenvalue weighted by atomic mass is 16.5. The van der Waals surface area contributed by atoms with Crippen molar-refractivity contribution in [3.63, 3.8) is 0 Å². The summed E-state index contributed by atoms with van der Waals surface area (Å²) in [7, 11) is 1.66. The smallest absolute Gasteiger partial charge is 0.141 e. The van der Waals surface area contributed by atoms with Crippen LogP contribution in [0.1, 0.15) is 25.5 Å². The second-order valence-electron chi connectivity index (χ2n) is 3.38. The molecule has 0 aromatic carbocycles. The van der Waals surface area contributed by atoms with E-state index < -0.39 is 0 Å². The minimum absolute atomic E-state index is 0.383. The van der Waals surface area contributed by atoms with Crippen LogP contribution >= 0.6 is 0 Å². The van der Waals surface area contributed by atoms with Crippen molar-refractivity contribution in [3.8, 4) is 5.75 Å². The second-order valence-corrected chi connectivity index (χ2v) is 3.38. The van der Waals surface area contributed by atoms with E-state index >= 15 is 0 Å². The lowest BCUT2D eigenvalue weighted by Crippen LogP contribution is -2.07. The fraction of sp³-hybridized carbons (Fsp3) is 0.545. The average molecular weight is 195 g/mol. The summed E-state index contributed by atoms with van der Waals surface area (Å²) < 4.78 is 10.5. The summed E-state index contributed by atoms with van der Waals surface area (Å²) >= 11 is 0. The highest BCUT2D eigenvalue weighted by Gasteiger charge is 2.07. The van der Waals surface area contributed by atoms with E-state index in [1.807, 2.05) is 12.1 Å². The van der Waals surface area contributed by atoms with Crippen molar-refractivity contribution >= 4 is 0 Å². The third-order valence-corrected chi connectivity index (χ3v) is 1.89. The van der Waals surface area contributed by atoms with Gasteiger partial charge in [-0.2, -0.15) is 0 Å². The summed E-state index contributed by atoms with van der Waals surface area (Å²) in [5.41, 5.74) is 1.00. The van der Waals surface area contributed by atoms with Crippen LogP contribution in [0.25, 0.3) is 0 Å². The molecule has 14 heavy (non-hydrogen) atoms. The fourth-order valence-corrected chi connectivity index (χ4v) is 1.19. The van der Waals surface area contributed by atoms with Gasteiger partial charge in [0.1, 0.15) is 12.4 Å². The molecule has 0 saturated heterocycles. The summed E-state index contributed by atoms with van der Waals surface area (Å²) in [5, 5.41) is 0. The quantitative estimate of drug-likeness (QED) is 0.675. The number of ether oxygens (including phenoxy) is 2. The van der Waals surface area contributed by atoms with E-state index in [4.69, 9.17) is 9.47 Å². The molecule has 3 nitrogen and oxygen atoms in total. The van der Waals surface area contributed by atoms with Crippen molar-refractivity contribution in [3.05, 3.63) is 24.0 Å². The molecule has 0 radical (unpaired) electrons. The maximum absolute atomic E-state index is 5.55. The molecule has 1 aromatic heterocycles. The zero-order chi connectivity index (χ0) is 10.4. The predicted molar refractivity (Wildman–Crippen MR) is 55.7 cm³/mol. The van der Waals surface area contributed by atoms with Crippen molar-refractivity contribution in [2.45, 2.75) is 19.8 Å². The summed E-state index contributed by atoms with van der Waals surface area (Å²) in [6, 6.07) is 3.83. The molecule has 0 fully saturated rings. The zero-order valence-corrected chi connectivity index (χ0v) is 8.99. The number of nitrogens with zero attached hydrogens (tertiary/aromatic N) is 1. The summed E-state index contributed by atoms with van der Waals surface area (Å²) in [4.78, 5) is 4.29. The van der Waals surface area contributed by atoms with Gasteiger partial charge in [0.05, 0.1) is 12.3 Å². The molecular formula is C11H17NO2. The molecule has 0 aliphatic rings. The first-order valence-electron chi connectivity index (χ1n) is 4.82. The molecule has 0 aliphatic heterocycles. The molecule has 3 heteroatoms. The standard InChI is InChI=1S/C11H17NO2/c1-9(2)11-10(5-4-6-12-11)14-8-7-13-3/h4-6,9H,7-8H2,1-3H3. The van der Waals surface area contributed by atoms with Crippen LogP contribution in [0.3, 0.4) is 0 Å². The molecule has 0 aliphatic carbocycles. The van der Waals surface area contributed by atoms with Crippen molar-refractivity contribution < 1.29 is 9.47 Å². The average Bonchev–Trinajstić information content (AvgIpc) is 2.19. The van der Waals surface area contributed by atoms with Crippen molar-refractivity contribution in [2.75, 3.05) is 20.3 Å². The van der Waals surface area contributed by atoms with E-state index in [2.05, 4.69) is 18.8 Å². The van der Waals surface area contributed by atoms with E-state index in [-0.39, 0.29) is 0 Å². The Labute approximate surface area is 85.1 Å². The van der Waals surface area contributed by atoms with Crippen LogP contribution in [-0.4, -0.2) is 25.3 Å². The van der Waals surface area contributed by atoms with Crippen LogP contribution in [0, 0.1) is 0 Å². The van der Waals surface area contributed by atoms with Crippen molar-refractivity contribution in [1.29, 1.82) is 0 Å². The lowest BCUT2D eigenvalue weighted by Gasteiger charge is -2.11. The Hall–Kier alpha value is -1.09. The lowest BCUT2D eigenvalue weighted by molar-refractivity contribution is 0.145. The molecule has 0 atom stereocenters. The molecule has 0 saturated carbocycles. The number of pyridine rings is 1. The minimum Gasteiger partial charge on any atom is -0.489 e. The summed E-state index contributed by atoms with van der Waals surface area (Å²) in [6.07, 6.45) is 1.79. The van der Waals surface area contributed by atoms with Gasteiger partial charge in [0, 0.05) is 13.3 Å². The third kappa shape index (κ3) is 3.00. The highest BCUT2D eigenvalue weighted by molar-refractivity contribution is 5.29. The van der Waals surface area contributed by atoms with E-state index in [0.717, 1.165) is 11.4 Å². The van der Waals surface area contributed by atoms with Gasteiger partial charge in [-0.05, 0) is 18.1 Å². The van der Waals surface area contributed by atoms with Crippen molar-refractivity contribution in [1.82, 2.24) is 4.98 Å². The Morgan fingerprint density at radius 2 is 2.14 bits per heavy atom. The van der Waals surface area contributed by atoms with Gasteiger partial charge in [0.2, 0.25) is 0 Å². The normalized spacial score (nSPS) is 10.6. The van der Waals surface area contributed by atoms with Crippen molar-refractivity contribution in [2.24, 2.45) is 0 Å². The van der Waals surface area contributed by atoms with Gasteiger partial charge in [0.15, 0.2) is 0 Å². The van der Waals surface area contributed by atoms with Crippen LogP contribution in [0.2, 0.25) is 0 Å². The van der Waals surface area contributed by atoms with Crippen LogP contribution < -0.4 is 4.74 Å². The first-order valence-corrected chi connectivity index (χ1v) is 4.82. The maximum atomic E-state index is 5.55. The topological polar surface area (TPSA) is 31.4 Å². The molecule has 1 rings (SSSR count). The van der Waals surface area contributed by atoms with Crippen LogP contribution in [-0.2, 0) is 4.74 Å². The van der Waals surface area contributed by atoms with E-state index in [9.17, 15) is 0 Å². The molecule has 0 bridgehead atoms. The third-order valence-electron chi connectivity index (χ3n) is 1.89. The molecule has 0 unspecified atom stereocenters. The molecular weight excluding hydrogens is 178 g/mol. The van der Waals surface area contributed by atoms with Gasteiger partial charge in [-0.25, -0.2) is 0 Å². The van der Waals surface area contributed by atoms with Gasteiger partial charge >= 0.3 is 0 Å². The van der Waals surface area contributed by atoms with Crippen LogP contribution in [0.15, 0.2) is 18.3 Å². The molecule has 0 spiro atoms. The number of hydrogen-bond donors (Lipinski definition) is 0. The maximum Gasteiger partial charge on any atom is 0.141 e.